The summed E-state index contributed by atoms with van der Waals surface area (Å²) in [7, 11) is 1.47. The number of nitrogens with one attached hydrogen (secondary N) is 2. The highest BCUT2D eigenvalue weighted by atomic mass is 16.4. The average molecular weight is 216 g/mol. The van der Waals surface area contributed by atoms with Crippen LogP contribution in [-0.2, 0) is 14.4 Å². The molecule has 6 nitrogen and oxygen atoms in total. The zero-order valence-corrected chi connectivity index (χ0v) is 8.87. The van der Waals surface area contributed by atoms with E-state index >= 15 is 0 Å². The predicted octanol–water partition coefficient (Wildman–Crippen LogP) is -0.508. The summed E-state index contributed by atoms with van der Waals surface area (Å²) in [6, 6.07) is -0.991. The van der Waals surface area contributed by atoms with E-state index in [1.54, 1.807) is 6.92 Å². The van der Waals surface area contributed by atoms with Crippen LogP contribution in [0.25, 0.3) is 0 Å². The standard InChI is InChI=1S/C9H16N2O4/c1-3-7(12)11-6(9(14)15)4-5-8(13)10-2/h6H,3-5H2,1-2H3,(H,10,13)(H,11,12)(H,14,15). The summed E-state index contributed by atoms with van der Waals surface area (Å²) in [6.45, 7) is 1.63. The molecule has 1 atom stereocenters. The van der Waals surface area contributed by atoms with Crippen molar-refractivity contribution in [1.82, 2.24) is 10.6 Å². The minimum atomic E-state index is -1.12. The Hall–Kier alpha value is -1.59. The molecule has 0 saturated heterocycles. The molecule has 0 aliphatic carbocycles. The minimum Gasteiger partial charge on any atom is -0.480 e. The van der Waals surface area contributed by atoms with Crippen molar-refractivity contribution in [2.45, 2.75) is 32.2 Å². The van der Waals surface area contributed by atoms with Crippen LogP contribution in [0.3, 0.4) is 0 Å². The van der Waals surface area contributed by atoms with E-state index in [0.29, 0.717) is 0 Å². The molecule has 0 heterocycles. The van der Waals surface area contributed by atoms with Crippen LogP contribution in [-0.4, -0.2) is 36.0 Å². The van der Waals surface area contributed by atoms with E-state index in [1.165, 1.54) is 7.05 Å². The second-order valence-corrected chi connectivity index (χ2v) is 3.02. The van der Waals surface area contributed by atoms with Crippen LogP contribution in [0.4, 0.5) is 0 Å². The first-order chi connectivity index (χ1) is 7.01. The molecule has 0 radical (unpaired) electrons. The average Bonchev–Trinajstić information content (AvgIpc) is 2.22. The largest absolute Gasteiger partial charge is 0.480 e. The lowest BCUT2D eigenvalue weighted by Crippen LogP contribution is -2.41. The maximum absolute atomic E-state index is 11.0. The van der Waals surface area contributed by atoms with E-state index in [9.17, 15) is 14.4 Å². The Morgan fingerprint density at radius 1 is 1.27 bits per heavy atom. The van der Waals surface area contributed by atoms with Gasteiger partial charge in [-0.25, -0.2) is 4.79 Å². The summed E-state index contributed by atoms with van der Waals surface area (Å²) in [5.41, 5.74) is 0. The van der Waals surface area contributed by atoms with Gasteiger partial charge in [-0.05, 0) is 6.42 Å². The molecule has 0 spiro atoms. The number of hydrogen-bond acceptors (Lipinski definition) is 3. The topological polar surface area (TPSA) is 95.5 Å². The van der Waals surface area contributed by atoms with Gasteiger partial charge in [-0.1, -0.05) is 6.92 Å². The molecule has 2 amide bonds. The molecule has 86 valence electrons. The van der Waals surface area contributed by atoms with Gasteiger partial charge in [0.2, 0.25) is 11.8 Å². The van der Waals surface area contributed by atoms with E-state index in [-0.39, 0.29) is 31.1 Å². The summed E-state index contributed by atoms with van der Waals surface area (Å²) in [6.07, 6.45) is 0.405. The van der Waals surface area contributed by atoms with Gasteiger partial charge in [-0.3, -0.25) is 9.59 Å². The third-order valence-electron chi connectivity index (χ3n) is 1.89. The van der Waals surface area contributed by atoms with Gasteiger partial charge in [-0.2, -0.15) is 0 Å². The smallest absolute Gasteiger partial charge is 0.326 e. The molecule has 0 rings (SSSR count). The Labute approximate surface area is 88.0 Å². The highest BCUT2D eigenvalue weighted by Gasteiger charge is 2.19. The maximum Gasteiger partial charge on any atom is 0.326 e. The summed E-state index contributed by atoms with van der Waals surface area (Å²) >= 11 is 0. The summed E-state index contributed by atoms with van der Waals surface area (Å²) in [5, 5.41) is 13.5. The van der Waals surface area contributed by atoms with Crippen molar-refractivity contribution in [2.24, 2.45) is 0 Å². The third kappa shape index (κ3) is 5.66. The molecule has 0 aliphatic rings. The van der Waals surface area contributed by atoms with Crippen LogP contribution in [0.15, 0.2) is 0 Å². The van der Waals surface area contributed by atoms with Gasteiger partial charge >= 0.3 is 5.97 Å². The number of amides is 2. The Balaban J connectivity index is 4.11. The van der Waals surface area contributed by atoms with E-state index in [2.05, 4.69) is 10.6 Å². The van der Waals surface area contributed by atoms with Crippen molar-refractivity contribution in [3.8, 4) is 0 Å². The molecule has 15 heavy (non-hydrogen) atoms. The molecule has 1 unspecified atom stereocenters. The molecule has 6 heteroatoms. The fourth-order valence-corrected chi connectivity index (χ4v) is 0.954. The molecular weight excluding hydrogens is 200 g/mol. The number of carbonyl (C=O) groups excluding carboxylic acids is 2. The summed E-state index contributed by atoms with van der Waals surface area (Å²) in [4.78, 5) is 32.5. The molecule has 0 aromatic heterocycles. The molecule has 0 aromatic carbocycles. The Morgan fingerprint density at radius 3 is 2.27 bits per heavy atom. The van der Waals surface area contributed by atoms with Gasteiger partial charge in [0.1, 0.15) is 6.04 Å². The molecule has 0 saturated carbocycles. The van der Waals surface area contributed by atoms with Crippen molar-refractivity contribution in [3.63, 3.8) is 0 Å². The Bertz CT molecular complexity index is 252. The molecule has 0 aliphatic heterocycles. The van der Waals surface area contributed by atoms with Crippen LogP contribution in [0, 0.1) is 0 Å². The summed E-state index contributed by atoms with van der Waals surface area (Å²) in [5.74, 6) is -1.70. The van der Waals surface area contributed by atoms with Crippen molar-refractivity contribution in [1.29, 1.82) is 0 Å². The predicted molar refractivity (Wildman–Crippen MR) is 53.2 cm³/mol. The fourth-order valence-electron chi connectivity index (χ4n) is 0.954. The van der Waals surface area contributed by atoms with Gasteiger partial charge in [0.05, 0.1) is 0 Å². The van der Waals surface area contributed by atoms with Crippen LogP contribution >= 0.6 is 0 Å². The Morgan fingerprint density at radius 2 is 1.87 bits per heavy atom. The molecule has 0 fully saturated rings. The van der Waals surface area contributed by atoms with Gasteiger partial charge in [0.15, 0.2) is 0 Å². The quantitative estimate of drug-likeness (QED) is 0.557. The van der Waals surface area contributed by atoms with E-state index in [1.807, 2.05) is 0 Å². The molecule has 0 bridgehead atoms. The van der Waals surface area contributed by atoms with Crippen LogP contribution in [0.2, 0.25) is 0 Å². The zero-order valence-electron chi connectivity index (χ0n) is 8.87. The summed E-state index contributed by atoms with van der Waals surface area (Å²) < 4.78 is 0. The second kappa shape index (κ2) is 6.80. The molecule has 0 aromatic rings. The number of carbonyl (C=O) groups is 3. The SMILES string of the molecule is CCC(=O)NC(CCC(=O)NC)C(=O)O. The van der Waals surface area contributed by atoms with Crippen LogP contribution < -0.4 is 10.6 Å². The van der Waals surface area contributed by atoms with Crippen molar-refractivity contribution in [2.75, 3.05) is 7.05 Å². The number of carboxylic acids is 1. The zero-order chi connectivity index (χ0) is 11.8. The number of aliphatic carboxylic acids is 1. The van der Waals surface area contributed by atoms with Crippen molar-refractivity contribution in [3.05, 3.63) is 0 Å². The monoisotopic (exact) mass is 216 g/mol. The second-order valence-electron chi connectivity index (χ2n) is 3.02. The highest BCUT2D eigenvalue weighted by molar-refractivity contribution is 5.84. The lowest BCUT2D eigenvalue weighted by molar-refractivity contribution is -0.142. The number of hydrogen-bond donors (Lipinski definition) is 3. The maximum atomic E-state index is 11.0. The first-order valence-electron chi connectivity index (χ1n) is 4.74. The third-order valence-corrected chi connectivity index (χ3v) is 1.89. The van der Waals surface area contributed by atoms with Crippen molar-refractivity contribution >= 4 is 17.8 Å². The Kier molecular flexibility index (Phi) is 6.08. The van der Waals surface area contributed by atoms with Gasteiger partial charge < -0.3 is 15.7 Å². The fraction of sp³-hybridized carbons (Fsp3) is 0.667. The molecule has 3 N–H and O–H groups in total. The van der Waals surface area contributed by atoms with Gasteiger partial charge in [0.25, 0.3) is 0 Å². The van der Waals surface area contributed by atoms with Gasteiger partial charge in [-0.15, -0.1) is 0 Å². The highest BCUT2D eigenvalue weighted by Crippen LogP contribution is 1.98. The van der Waals surface area contributed by atoms with Gasteiger partial charge in [0, 0.05) is 19.9 Å². The minimum absolute atomic E-state index is 0.0808. The lowest BCUT2D eigenvalue weighted by atomic mass is 10.1. The first-order valence-corrected chi connectivity index (χ1v) is 4.74. The van der Waals surface area contributed by atoms with Crippen LogP contribution in [0.1, 0.15) is 26.2 Å². The van der Waals surface area contributed by atoms with E-state index in [0.717, 1.165) is 0 Å². The van der Waals surface area contributed by atoms with E-state index < -0.39 is 12.0 Å². The van der Waals surface area contributed by atoms with Crippen LogP contribution in [0.5, 0.6) is 0 Å². The lowest BCUT2D eigenvalue weighted by Gasteiger charge is -2.13. The molecular formula is C9H16N2O4. The van der Waals surface area contributed by atoms with E-state index in [4.69, 9.17) is 5.11 Å². The first kappa shape index (κ1) is 13.4. The van der Waals surface area contributed by atoms with Crippen molar-refractivity contribution < 1.29 is 19.5 Å². The number of carboxylic acid groups (broad SMARTS) is 1. The normalized spacial score (nSPS) is 11.6. The number of rotatable bonds is 6.